The van der Waals surface area contributed by atoms with E-state index in [1.54, 1.807) is 7.11 Å². The zero-order valence-electron chi connectivity index (χ0n) is 7.75. The van der Waals surface area contributed by atoms with Gasteiger partial charge in [0.05, 0.1) is 12.7 Å². The second-order valence-corrected chi connectivity index (χ2v) is 3.34. The Morgan fingerprint density at radius 2 is 2.17 bits per heavy atom. The van der Waals surface area contributed by atoms with Crippen molar-refractivity contribution in [3.05, 3.63) is 0 Å². The smallest absolute Gasteiger partial charge is 0.0724 e. The quantitative estimate of drug-likeness (QED) is 0.651. The number of methoxy groups -OCH3 is 1. The third-order valence-electron chi connectivity index (χ3n) is 2.52. The van der Waals surface area contributed by atoms with Crippen LogP contribution in [0.5, 0.6) is 0 Å². The molecule has 0 amide bonds. The summed E-state index contributed by atoms with van der Waals surface area (Å²) in [6.07, 6.45) is 5.24. The van der Waals surface area contributed by atoms with Gasteiger partial charge in [-0.15, -0.1) is 0 Å². The summed E-state index contributed by atoms with van der Waals surface area (Å²) < 4.78 is 5.36. The summed E-state index contributed by atoms with van der Waals surface area (Å²) in [7, 11) is 1.77. The highest BCUT2D eigenvalue weighted by Gasteiger charge is 2.23. The van der Waals surface area contributed by atoms with Crippen LogP contribution < -0.4 is 5.32 Å². The van der Waals surface area contributed by atoms with Gasteiger partial charge in [-0.3, -0.25) is 0 Å². The van der Waals surface area contributed by atoms with E-state index in [1.165, 1.54) is 19.3 Å². The molecule has 0 spiro atoms. The van der Waals surface area contributed by atoms with Crippen molar-refractivity contribution in [3.63, 3.8) is 0 Å². The maximum Gasteiger partial charge on any atom is 0.0724 e. The molecule has 3 heteroatoms. The summed E-state index contributed by atoms with van der Waals surface area (Å²) in [4.78, 5) is 0. The molecule has 0 aliphatic heterocycles. The molecule has 0 bridgehead atoms. The van der Waals surface area contributed by atoms with Gasteiger partial charge < -0.3 is 15.2 Å². The average molecular weight is 173 g/mol. The number of hydrogen-bond acceptors (Lipinski definition) is 3. The fourth-order valence-electron chi connectivity index (χ4n) is 1.86. The molecule has 1 rings (SSSR count). The van der Waals surface area contributed by atoms with Crippen molar-refractivity contribution in [3.8, 4) is 0 Å². The molecular formula is C9H19NO2. The maximum atomic E-state index is 8.65. The van der Waals surface area contributed by atoms with Crippen molar-refractivity contribution >= 4 is 0 Å². The van der Waals surface area contributed by atoms with Gasteiger partial charge in [0.1, 0.15) is 0 Å². The predicted octanol–water partition coefficient (Wildman–Crippen LogP) is 0.526. The fraction of sp³-hybridized carbons (Fsp3) is 1.00. The zero-order chi connectivity index (χ0) is 8.81. The standard InChI is InChI=1S/C9H19NO2/c1-12-9-5-3-2-4-8(9)10-6-7-11/h8-11H,2-7H2,1H3. The van der Waals surface area contributed by atoms with Gasteiger partial charge in [0, 0.05) is 19.7 Å². The van der Waals surface area contributed by atoms with Crippen LogP contribution in [0.25, 0.3) is 0 Å². The number of hydrogen-bond donors (Lipinski definition) is 2. The van der Waals surface area contributed by atoms with Crippen molar-refractivity contribution in [1.29, 1.82) is 0 Å². The highest BCUT2D eigenvalue weighted by Crippen LogP contribution is 2.20. The molecule has 0 radical (unpaired) electrons. The lowest BCUT2D eigenvalue weighted by molar-refractivity contribution is 0.0405. The summed E-state index contributed by atoms with van der Waals surface area (Å²) in [5.41, 5.74) is 0. The van der Waals surface area contributed by atoms with Crippen molar-refractivity contribution in [1.82, 2.24) is 5.32 Å². The van der Waals surface area contributed by atoms with Crippen molar-refractivity contribution < 1.29 is 9.84 Å². The molecule has 1 aliphatic rings. The third kappa shape index (κ3) is 2.73. The molecule has 0 aromatic heterocycles. The monoisotopic (exact) mass is 173 g/mol. The lowest BCUT2D eigenvalue weighted by Crippen LogP contribution is -2.44. The second kappa shape index (κ2) is 5.51. The van der Waals surface area contributed by atoms with Crippen molar-refractivity contribution in [2.75, 3.05) is 20.3 Å². The number of aliphatic hydroxyl groups is 1. The molecule has 0 saturated heterocycles. The number of nitrogens with one attached hydrogen (secondary N) is 1. The van der Waals surface area contributed by atoms with E-state index in [2.05, 4.69) is 5.32 Å². The molecule has 1 saturated carbocycles. The largest absolute Gasteiger partial charge is 0.395 e. The molecule has 3 nitrogen and oxygen atoms in total. The first-order chi connectivity index (χ1) is 5.88. The lowest BCUT2D eigenvalue weighted by Gasteiger charge is -2.30. The minimum absolute atomic E-state index is 0.215. The van der Waals surface area contributed by atoms with Crippen molar-refractivity contribution in [2.45, 2.75) is 37.8 Å². The van der Waals surface area contributed by atoms with Crippen molar-refractivity contribution in [2.24, 2.45) is 0 Å². The highest BCUT2D eigenvalue weighted by molar-refractivity contribution is 4.81. The SMILES string of the molecule is COC1CCCCC1NCCO. The van der Waals surface area contributed by atoms with Gasteiger partial charge in [-0.2, -0.15) is 0 Å². The van der Waals surface area contributed by atoms with E-state index in [1.807, 2.05) is 0 Å². The highest BCUT2D eigenvalue weighted by atomic mass is 16.5. The van der Waals surface area contributed by atoms with E-state index in [0.717, 1.165) is 6.42 Å². The summed E-state index contributed by atoms with van der Waals surface area (Å²) in [5.74, 6) is 0. The zero-order valence-corrected chi connectivity index (χ0v) is 7.75. The summed E-state index contributed by atoms with van der Waals surface area (Å²) in [6, 6.07) is 0.455. The van der Waals surface area contributed by atoms with E-state index in [9.17, 15) is 0 Å². The van der Waals surface area contributed by atoms with E-state index >= 15 is 0 Å². The van der Waals surface area contributed by atoms with E-state index < -0.39 is 0 Å². The second-order valence-electron chi connectivity index (χ2n) is 3.34. The van der Waals surface area contributed by atoms with E-state index in [4.69, 9.17) is 9.84 Å². The molecule has 1 fully saturated rings. The summed E-state index contributed by atoms with van der Waals surface area (Å²) in [5, 5.41) is 11.9. The first-order valence-electron chi connectivity index (χ1n) is 4.75. The molecule has 0 heterocycles. The van der Waals surface area contributed by atoms with Gasteiger partial charge in [-0.1, -0.05) is 12.8 Å². The van der Waals surface area contributed by atoms with Gasteiger partial charge in [0.15, 0.2) is 0 Å². The molecule has 72 valence electrons. The third-order valence-corrected chi connectivity index (χ3v) is 2.52. The van der Waals surface area contributed by atoms with Crippen LogP contribution in [0.3, 0.4) is 0 Å². The molecule has 2 N–H and O–H groups in total. The molecular weight excluding hydrogens is 154 g/mol. The Bertz CT molecular complexity index is 119. The Morgan fingerprint density at radius 1 is 1.42 bits per heavy atom. The minimum atomic E-state index is 0.215. The van der Waals surface area contributed by atoms with Gasteiger partial charge in [0.25, 0.3) is 0 Å². The Balaban J connectivity index is 2.26. The Labute approximate surface area is 74.1 Å². The predicted molar refractivity (Wildman–Crippen MR) is 48.1 cm³/mol. The first kappa shape index (κ1) is 9.96. The van der Waals surface area contributed by atoms with Crippen LogP contribution in [-0.4, -0.2) is 37.5 Å². The van der Waals surface area contributed by atoms with Crippen LogP contribution in [0.1, 0.15) is 25.7 Å². The average Bonchev–Trinajstić information content (AvgIpc) is 2.15. The molecule has 0 aromatic carbocycles. The molecule has 0 aromatic rings. The van der Waals surface area contributed by atoms with E-state index in [-0.39, 0.29) is 6.61 Å². The number of ether oxygens (including phenoxy) is 1. The minimum Gasteiger partial charge on any atom is -0.395 e. The van der Waals surface area contributed by atoms with Crippen LogP contribution in [0, 0.1) is 0 Å². The number of rotatable bonds is 4. The Hall–Kier alpha value is -0.120. The van der Waals surface area contributed by atoms with Gasteiger partial charge >= 0.3 is 0 Å². The first-order valence-corrected chi connectivity index (χ1v) is 4.75. The molecule has 2 atom stereocenters. The van der Waals surface area contributed by atoms with Gasteiger partial charge in [-0.05, 0) is 12.8 Å². The fourth-order valence-corrected chi connectivity index (χ4v) is 1.86. The van der Waals surface area contributed by atoms with Gasteiger partial charge in [-0.25, -0.2) is 0 Å². The summed E-state index contributed by atoms with van der Waals surface area (Å²) >= 11 is 0. The van der Waals surface area contributed by atoms with Crippen LogP contribution in [0.15, 0.2) is 0 Å². The molecule has 1 aliphatic carbocycles. The normalized spacial score (nSPS) is 30.5. The van der Waals surface area contributed by atoms with Crippen LogP contribution in [-0.2, 0) is 4.74 Å². The molecule has 2 unspecified atom stereocenters. The van der Waals surface area contributed by atoms with Crippen LogP contribution >= 0.6 is 0 Å². The Morgan fingerprint density at radius 3 is 2.83 bits per heavy atom. The topological polar surface area (TPSA) is 41.5 Å². The van der Waals surface area contributed by atoms with E-state index in [0.29, 0.717) is 18.7 Å². The Kier molecular flexibility index (Phi) is 4.58. The van der Waals surface area contributed by atoms with Crippen LogP contribution in [0.2, 0.25) is 0 Å². The van der Waals surface area contributed by atoms with Crippen LogP contribution in [0.4, 0.5) is 0 Å². The summed E-state index contributed by atoms with van der Waals surface area (Å²) in [6.45, 7) is 0.900. The number of aliphatic hydroxyl groups excluding tert-OH is 1. The maximum absolute atomic E-state index is 8.65. The molecule has 12 heavy (non-hydrogen) atoms. The lowest BCUT2D eigenvalue weighted by atomic mass is 9.92. The van der Waals surface area contributed by atoms with Gasteiger partial charge in [0.2, 0.25) is 0 Å².